The number of hydrogen-bond acceptors (Lipinski definition) is 4. The van der Waals surface area contributed by atoms with Gasteiger partial charge in [0, 0.05) is 4.88 Å². The van der Waals surface area contributed by atoms with Crippen LogP contribution in [0.4, 0.5) is 0 Å². The first kappa shape index (κ1) is 10.2. The molecule has 1 atom stereocenters. The fourth-order valence-electron chi connectivity index (χ4n) is 0.959. The number of carbonyl (C=O) groups excluding carboxylic acids is 1. The molecule has 0 saturated heterocycles. The molecule has 0 saturated carbocycles. The summed E-state index contributed by atoms with van der Waals surface area (Å²) in [6.07, 6.45) is -0.687. The van der Waals surface area contributed by atoms with E-state index in [1.54, 1.807) is 13.0 Å². The lowest BCUT2D eigenvalue weighted by Crippen LogP contribution is -2.08. The van der Waals surface area contributed by atoms with Gasteiger partial charge in [-0.25, -0.2) is 0 Å². The van der Waals surface area contributed by atoms with Crippen LogP contribution in [0, 0.1) is 0 Å². The van der Waals surface area contributed by atoms with E-state index in [1.165, 1.54) is 11.3 Å². The molecule has 1 heterocycles. The molecular formula is C9H12O3S. The Morgan fingerprint density at radius 2 is 2.54 bits per heavy atom. The highest BCUT2D eigenvalue weighted by molar-refractivity contribution is 7.10. The summed E-state index contributed by atoms with van der Waals surface area (Å²) in [6, 6.07) is 3.64. The van der Waals surface area contributed by atoms with Crippen LogP contribution >= 0.6 is 11.3 Å². The summed E-state index contributed by atoms with van der Waals surface area (Å²) >= 11 is 1.43. The smallest absolute Gasteiger partial charge is 0.308 e. The van der Waals surface area contributed by atoms with Crippen molar-refractivity contribution in [2.45, 2.75) is 19.4 Å². The second-order valence-corrected chi connectivity index (χ2v) is 3.52. The van der Waals surface area contributed by atoms with Gasteiger partial charge in [-0.05, 0) is 18.4 Å². The SMILES string of the molecule is CCOC(=O)C[C@@H](O)c1cccs1. The summed E-state index contributed by atoms with van der Waals surface area (Å²) in [5.74, 6) is -0.358. The molecule has 0 amide bonds. The maximum Gasteiger partial charge on any atom is 0.308 e. The van der Waals surface area contributed by atoms with Gasteiger partial charge in [-0.15, -0.1) is 11.3 Å². The minimum Gasteiger partial charge on any atom is -0.466 e. The van der Waals surface area contributed by atoms with Crippen LogP contribution in [0.25, 0.3) is 0 Å². The molecule has 1 aromatic rings. The largest absolute Gasteiger partial charge is 0.466 e. The number of esters is 1. The molecule has 1 N–H and O–H groups in total. The van der Waals surface area contributed by atoms with Gasteiger partial charge in [-0.3, -0.25) is 4.79 Å². The van der Waals surface area contributed by atoms with Crippen molar-refractivity contribution in [2.24, 2.45) is 0 Å². The molecule has 0 aliphatic carbocycles. The van der Waals surface area contributed by atoms with Crippen molar-refractivity contribution in [3.63, 3.8) is 0 Å². The molecule has 0 aliphatic heterocycles. The van der Waals surface area contributed by atoms with Crippen molar-refractivity contribution >= 4 is 17.3 Å². The minimum atomic E-state index is -0.723. The third kappa shape index (κ3) is 3.16. The number of ether oxygens (including phenoxy) is 1. The normalized spacial score (nSPS) is 12.5. The number of thiophene rings is 1. The van der Waals surface area contributed by atoms with Gasteiger partial charge in [0.25, 0.3) is 0 Å². The Morgan fingerprint density at radius 3 is 3.08 bits per heavy atom. The topological polar surface area (TPSA) is 46.5 Å². The minimum absolute atomic E-state index is 0.0361. The van der Waals surface area contributed by atoms with Crippen molar-refractivity contribution in [1.29, 1.82) is 0 Å². The summed E-state index contributed by atoms with van der Waals surface area (Å²) < 4.78 is 4.72. The first-order chi connectivity index (χ1) is 6.24. The molecule has 0 spiro atoms. The Balaban J connectivity index is 2.42. The third-order valence-electron chi connectivity index (χ3n) is 1.54. The molecule has 0 radical (unpaired) electrons. The van der Waals surface area contributed by atoms with Gasteiger partial charge in [-0.1, -0.05) is 6.07 Å². The molecule has 72 valence electrons. The van der Waals surface area contributed by atoms with Crippen LogP contribution < -0.4 is 0 Å². The lowest BCUT2D eigenvalue weighted by Gasteiger charge is -2.06. The van der Waals surface area contributed by atoms with Gasteiger partial charge >= 0.3 is 5.97 Å². The van der Waals surface area contributed by atoms with Crippen LogP contribution in [-0.2, 0) is 9.53 Å². The van der Waals surface area contributed by atoms with E-state index < -0.39 is 6.10 Å². The summed E-state index contributed by atoms with van der Waals surface area (Å²) in [4.78, 5) is 11.8. The van der Waals surface area contributed by atoms with E-state index >= 15 is 0 Å². The molecule has 13 heavy (non-hydrogen) atoms. The Hall–Kier alpha value is -0.870. The van der Waals surface area contributed by atoms with Crippen LogP contribution in [0.15, 0.2) is 17.5 Å². The molecule has 0 fully saturated rings. The maximum absolute atomic E-state index is 11.0. The van der Waals surface area contributed by atoms with Crippen molar-refractivity contribution < 1.29 is 14.6 Å². The zero-order chi connectivity index (χ0) is 9.68. The molecule has 1 aromatic heterocycles. The second kappa shape index (κ2) is 4.99. The fraction of sp³-hybridized carbons (Fsp3) is 0.444. The number of hydrogen-bond donors (Lipinski definition) is 1. The van der Waals surface area contributed by atoms with Gasteiger partial charge in [0.05, 0.1) is 19.1 Å². The molecule has 0 bridgehead atoms. The average molecular weight is 200 g/mol. The lowest BCUT2D eigenvalue weighted by molar-refractivity contribution is -0.145. The van der Waals surface area contributed by atoms with Crippen molar-refractivity contribution in [3.8, 4) is 0 Å². The lowest BCUT2D eigenvalue weighted by atomic mass is 10.2. The van der Waals surface area contributed by atoms with E-state index in [9.17, 15) is 9.90 Å². The number of aliphatic hydroxyl groups is 1. The highest BCUT2D eigenvalue weighted by atomic mass is 32.1. The number of carbonyl (C=O) groups is 1. The molecule has 1 rings (SSSR count). The Bertz CT molecular complexity index is 256. The van der Waals surface area contributed by atoms with E-state index in [0.717, 1.165) is 4.88 Å². The predicted octanol–water partition coefficient (Wildman–Crippen LogP) is 1.73. The summed E-state index contributed by atoms with van der Waals surface area (Å²) in [5.41, 5.74) is 0. The van der Waals surface area contributed by atoms with Crippen molar-refractivity contribution in [1.82, 2.24) is 0 Å². The zero-order valence-electron chi connectivity index (χ0n) is 7.40. The van der Waals surface area contributed by atoms with Crippen LogP contribution in [0.2, 0.25) is 0 Å². The Kier molecular flexibility index (Phi) is 3.92. The molecular weight excluding hydrogens is 188 g/mol. The predicted molar refractivity (Wildman–Crippen MR) is 50.5 cm³/mol. The van der Waals surface area contributed by atoms with Gasteiger partial charge < -0.3 is 9.84 Å². The molecule has 0 aromatic carbocycles. The quantitative estimate of drug-likeness (QED) is 0.753. The first-order valence-corrected chi connectivity index (χ1v) is 4.99. The average Bonchev–Trinajstić information content (AvgIpc) is 2.55. The number of rotatable bonds is 4. The molecule has 0 aliphatic rings. The highest BCUT2D eigenvalue weighted by Crippen LogP contribution is 2.21. The second-order valence-electron chi connectivity index (χ2n) is 2.54. The van der Waals surface area contributed by atoms with Gasteiger partial charge in [0.1, 0.15) is 0 Å². The summed E-state index contributed by atoms with van der Waals surface area (Å²) in [5, 5.41) is 11.4. The molecule has 0 unspecified atom stereocenters. The zero-order valence-corrected chi connectivity index (χ0v) is 8.21. The molecule has 4 heteroatoms. The standard InChI is InChI=1S/C9H12O3S/c1-2-12-9(11)6-7(10)8-4-3-5-13-8/h3-5,7,10H,2,6H2,1H3/t7-/m1/s1. The monoisotopic (exact) mass is 200 g/mol. The van der Waals surface area contributed by atoms with E-state index in [-0.39, 0.29) is 12.4 Å². The van der Waals surface area contributed by atoms with Crippen LogP contribution in [0.5, 0.6) is 0 Å². The fourth-order valence-corrected chi connectivity index (χ4v) is 1.67. The van der Waals surface area contributed by atoms with Gasteiger partial charge in [-0.2, -0.15) is 0 Å². The highest BCUT2D eigenvalue weighted by Gasteiger charge is 2.13. The Labute approximate surface area is 81.0 Å². The van der Waals surface area contributed by atoms with E-state index in [1.807, 2.05) is 11.4 Å². The van der Waals surface area contributed by atoms with E-state index in [4.69, 9.17) is 4.74 Å². The van der Waals surface area contributed by atoms with Crippen LogP contribution in [-0.4, -0.2) is 17.7 Å². The maximum atomic E-state index is 11.0. The van der Waals surface area contributed by atoms with E-state index in [0.29, 0.717) is 6.61 Å². The van der Waals surface area contributed by atoms with Crippen LogP contribution in [0.3, 0.4) is 0 Å². The number of aliphatic hydroxyl groups excluding tert-OH is 1. The molecule has 3 nitrogen and oxygen atoms in total. The van der Waals surface area contributed by atoms with Gasteiger partial charge in [0.15, 0.2) is 0 Å². The summed E-state index contributed by atoms with van der Waals surface area (Å²) in [6.45, 7) is 2.10. The Morgan fingerprint density at radius 1 is 1.77 bits per heavy atom. The first-order valence-electron chi connectivity index (χ1n) is 4.11. The van der Waals surface area contributed by atoms with Gasteiger partial charge in [0.2, 0.25) is 0 Å². The van der Waals surface area contributed by atoms with Crippen LogP contribution in [0.1, 0.15) is 24.3 Å². The third-order valence-corrected chi connectivity index (χ3v) is 2.51. The summed E-state index contributed by atoms with van der Waals surface area (Å²) in [7, 11) is 0. The van der Waals surface area contributed by atoms with E-state index in [2.05, 4.69) is 0 Å². The van der Waals surface area contributed by atoms with Crippen molar-refractivity contribution in [3.05, 3.63) is 22.4 Å². The van der Waals surface area contributed by atoms with Crippen molar-refractivity contribution in [2.75, 3.05) is 6.61 Å².